The lowest BCUT2D eigenvalue weighted by atomic mass is 10.0. The number of rotatable bonds is 9. The Morgan fingerprint density at radius 2 is 1.79 bits per heavy atom. The van der Waals surface area contributed by atoms with Gasteiger partial charge in [-0.25, -0.2) is 24.4 Å². The number of carbonyl (C=O) groups is 1. The molecule has 0 bridgehead atoms. The van der Waals surface area contributed by atoms with Crippen molar-refractivity contribution in [1.29, 1.82) is 0 Å². The number of aromatic nitrogens is 7. The SMILES string of the molecule is CCn1c(-c2ccncc2)nc2c(N3CCOCC3)nc(-c3nn(COCC[Si](C)(C)C)c4c3CN(C(=O)OC(C)(C)C)CC4)nc21. The van der Waals surface area contributed by atoms with Crippen molar-refractivity contribution in [2.75, 3.05) is 44.4 Å². The Kier molecular flexibility index (Phi) is 9.36. The molecule has 1 fully saturated rings. The molecule has 4 aromatic rings. The number of ether oxygens (including phenoxy) is 3. The first-order valence-corrected chi connectivity index (χ1v) is 20.3. The van der Waals surface area contributed by atoms with Crippen LogP contribution in [0, 0.1) is 0 Å². The summed E-state index contributed by atoms with van der Waals surface area (Å²) in [5.41, 5.74) is 4.43. The second kappa shape index (κ2) is 13.3. The normalized spacial score (nSPS) is 15.7. The molecule has 4 aromatic heterocycles. The molecule has 252 valence electrons. The minimum Gasteiger partial charge on any atom is -0.444 e. The molecular formula is C33H47N9O4Si. The van der Waals surface area contributed by atoms with E-state index in [0.717, 1.165) is 45.7 Å². The van der Waals surface area contributed by atoms with E-state index in [1.54, 1.807) is 17.3 Å². The highest BCUT2D eigenvalue weighted by Crippen LogP contribution is 2.35. The van der Waals surface area contributed by atoms with E-state index in [9.17, 15) is 4.79 Å². The Bertz CT molecular complexity index is 1720. The van der Waals surface area contributed by atoms with Crippen molar-refractivity contribution >= 4 is 31.1 Å². The molecule has 1 amide bonds. The van der Waals surface area contributed by atoms with Gasteiger partial charge in [0.25, 0.3) is 0 Å². The Morgan fingerprint density at radius 3 is 2.47 bits per heavy atom. The summed E-state index contributed by atoms with van der Waals surface area (Å²) >= 11 is 0. The van der Waals surface area contributed by atoms with Gasteiger partial charge in [-0.1, -0.05) is 19.6 Å². The topological polar surface area (TPSA) is 126 Å². The third-order valence-electron chi connectivity index (χ3n) is 8.35. The van der Waals surface area contributed by atoms with Gasteiger partial charge in [0.15, 0.2) is 22.8 Å². The van der Waals surface area contributed by atoms with Crippen molar-refractivity contribution < 1.29 is 19.0 Å². The number of amides is 1. The third kappa shape index (κ3) is 7.34. The zero-order chi connectivity index (χ0) is 33.3. The van der Waals surface area contributed by atoms with Crippen molar-refractivity contribution in [3.63, 3.8) is 0 Å². The Balaban J connectivity index is 1.47. The molecule has 0 unspecified atom stereocenters. The first-order valence-electron chi connectivity index (χ1n) is 16.6. The van der Waals surface area contributed by atoms with Crippen molar-refractivity contribution in [2.45, 2.75) is 85.2 Å². The number of imidazole rings is 1. The molecule has 0 aromatic carbocycles. The van der Waals surface area contributed by atoms with Crippen LogP contribution in [0.5, 0.6) is 0 Å². The Hall–Kier alpha value is -3.88. The van der Waals surface area contributed by atoms with Crippen LogP contribution in [0.4, 0.5) is 10.6 Å². The van der Waals surface area contributed by atoms with Gasteiger partial charge in [-0.2, -0.15) is 5.10 Å². The highest BCUT2D eigenvalue weighted by atomic mass is 28.3. The van der Waals surface area contributed by atoms with Crippen LogP contribution >= 0.6 is 0 Å². The zero-order valence-electron chi connectivity index (χ0n) is 28.7. The summed E-state index contributed by atoms with van der Waals surface area (Å²) in [6, 6.07) is 4.99. The highest BCUT2D eigenvalue weighted by Gasteiger charge is 2.33. The molecule has 0 saturated carbocycles. The number of hydrogen-bond acceptors (Lipinski definition) is 10. The van der Waals surface area contributed by atoms with Crippen LogP contribution in [0.1, 0.15) is 39.0 Å². The van der Waals surface area contributed by atoms with Gasteiger partial charge in [-0.15, -0.1) is 0 Å². The van der Waals surface area contributed by atoms with E-state index in [4.69, 9.17) is 34.3 Å². The van der Waals surface area contributed by atoms with Gasteiger partial charge in [0, 0.05) is 76.5 Å². The second-order valence-corrected chi connectivity index (χ2v) is 20.0. The summed E-state index contributed by atoms with van der Waals surface area (Å²) in [6.45, 7) is 19.9. The molecule has 13 nitrogen and oxygen atoms in total. The maximum Gasteiger partial charge on any atom is 0.410 e. The van der Waals surface area contributed by atoms with Gasteiger partial charge in [-0.3, -0.25) is 4.98 Å². The average Bonchev–Trinajstić information content (AvgIpc) is 3.60. The van der Waals surface area contributed by atoms with Gasteiger partial charge in [-0.05, 0) is 45.9 Å². The largest absolute Gasteiger partial charge is 0.444 e. The van der Waals surface area contributed by atoms with E-state index in [1.807, 2.05) is 37.6 Å². The van der Waals surface area contributed by atoms with Crippen molar-refractivity contribution in [2.24, 2.45) is 0 Å². The molecule has 0 N–H and O–H groups in total. The van der Waals surface area contributed by atoms with Crippen LogP contribution in [-0.2, 0) is 40.5 Å². The monoisotopic (exact) mass is 661 g/mol. The lowest BCUT2D eigenvalue weighted by Gasteiger charge is -2.30. The standard InChI is InChI=1S/C33H47N9O4Si/c1-8-41-29(23-9-12-34-13-10-23)35-27-30(39-15-17-44-18-16-39)36-28(37-31(27)41)26-24-21-40(32(43)46-33(2,3)4)14-11-25(24)42(38-26)22-45-19-20-47(5,6)7/h9-10,12-13H,8,11,14-22H2,1-7H3. The number of pyridine rings is 1. The summed E-state index contributed by atoms with van der Waals surface area (Å²) in [7, 11) is -1.25. The number of nitrogens with zero attached hydrogens (tertiary/aromatic N) is 9. The summed E-state index contributed by atoms with van der Waals surface area (Å²) in [6.07, 6.45) is 3.83. The lowest BCUT2D eigenvalue weighted by molar-refractivity contribution is 0.0219. The molecule has 0 aliphatic carbocycles. The van der Waals surface area contributed by atoms with Crippen LogP contribution in [-0.4, -0.2) is 98.4 Å². The van der Waals surface area contributed by atoms with Gasteiger partial charge in [0.05, 0.1) is 19.8 Å². The number of morpholine rings is 1. The maximum absolute atomic E-state index is 13.2. The second-order valence-electron chi connectivity index (χ2n) is 14.3. The quantitative estimate of drug-likeness (QED) is 0.174. The van der Waals surface area contributed by atoms with Crippen LogP contribution in [0.2, 0.25) is 25.7 Å². The first-order chi connectivity index (χ1) is 22.4. The summed E-state index contributed by atoms with van der Waals surface area (Å²) in [4.78, 5) is 36.9. The molecule has 1 saturated heterocycles. The molecule has 0 atom stereocenters. The fourth-order valence-electron chi connectivity index (χ4n) is 5.90. The number of aryl methyl sites for hydroxylation is 1. The van der Waals surface area contributed by atoms with E-state index in [0.29, 0.717) is 77.2 Å². The molecule has 0 spiro atoms. The van der Waals surface area contributed by atoms with E-state index < -0.39 is 13.7 Å². The van der Waals surface area contributed by atoms with Crippen molar-refractivity contribution in [3.8, 4) is 22.9 Å². The summed E-state index contributed by atoms with van der Waals surface area (Å²) in [5.74, 6) is 2.06. The molecule has 6 heterocycles. The van der Waals surface area contributed by atoms with Crippen LogP contribution in [0.3, 0.4) is 0 Å². The minimum atomic E-state index is -1.25. The molecule has 0 radical (unpaired) electrons. The van der Waals surface area contributed by atoms with Crippen LogP contribution < -0.4 is 4.90 Å². The highest BCUT2D eigenvalue weighted by molar-refractivity contribution is 6.76. The summed E-state index contributed by atoms with van der Waals surface area (Å²) < 4.78 is 21.7. The predicted molar refractivity (Wildman–Crippen MR) is 183 cm³/mol. The van der Waals surface area contributed by atoms with Gasteiger partial charge in [0.2, 0.25) is 0 Å². The van der Waals surface area contributed by atoms with Gasteiger partial charge >= 0.3 is 6.09 Å². The smallest absolute Gasteiger partial charge is 0.410 e. The van der Waals surface area contributed by atoms with Crippen molar-refractivity contribution in [1.82, 2.24) is 39.2 Å². The van der Waals surface area contributed by atoms with Crippen LogP contribution in [0.25, 0.3) is 34.1 Å². The molecule has 2 aliphatic heterocycles. The predicted octanol–water partition coefficient (Wildman–Crippen LogP) is 5.21. The van der Waals surface area contributed by atoms with Crippen molar-refractivity contribution in [3.05, 3.63) is 35.8 Å². The van der Waals surface area contributed by atoms with E-state index in [2.05, 4.69) is 41.0 Å². The van der Waals surface area contributed by atoms with Crippen LogP contribution in [0.15, 0.2) is 24.5 Å². The zero-order valence-corrected chi connectivity index (χ0v) is 29.7. The Morgan fingerprint density at radius 1 is 1.04 bits per heavy atom. The third-order valence-corrected chi connectivity index (χ3v) is 10.1. The maximum atomic E-state index is 13.2. The molecule has 2 aliphatic rings. The fraction of sp³-hybridized carbons (Fsp3) is 0.576. The number of carbonyl (C=O) groups excluding carboxylic acids is 1. The fourth-order valence-corrected chi connectivity index (χ4v) is 6.65. The first kappa shape index (κ1) is 33.0. The number of anilines is 1. The molecular weight excluding hydrogens is 615 g/mol. The summed E-state index contributed by atoms with van der Waals surface area (Å²) in [5, 5.41) is 5.10. The van der Waals surface area contributed by atoms with E-state index >= 15 is 0 Å². The lowest BCUT2D eigenvalue weighted by Crippen LogP contribution is -2.40. The average molecular weight is 662 g/mol. The Labute approximate surface area is 277 Å². The molecule has 6 rings (SSSR count). The van der Waals surface area contributed by atoms with Gasteiger partial charge < -0.3 is 28.6 Å². The number of fused-ring (bicyclic) bond motifs is 2. The molecule has 47 heavy (non-hydrogen) atoms. The minimum absolute atomic E-state index is 0.330. The molecule has 14 heteroatoms. The van der Waals surface area contributed by atoms with E-state index in [1.165, 1.54) is 0 Å². The van der Waals surface area contributed by atoms with Gasteiger partial charge in [0.1, 0.15) is 23.9 Å². The number of hydrogen-bond donors (Lipinski definition) is 0. The van der Waals surface area contributed by atoms with E-state index in [-0.39, 0.29) is 6.09 Å².